The van der Waals surface area contributed by atoms with Crippen molar-refractivity contribution < 1.29 is 9.59 Å². The molecule has 1 N–H and O–H groups in total. The van der Waals surface area contributed by atoms with E-state index in [0.29, 0.717) is 19.4 Å². The first kappa shape index (κ1) is 23.7. The van der Waals surface area contributed by atoms with Gasteiger partial charge in [0.05, 0.1) is 6.42 Å². The summed E-state index contributed by atoms with van der Waals surface area (Å²) in [6.07, 6.45) is 1.73. The van der Waals surface area contributed by atoms with Crippen molar-refractivity contribution in [1.82, 2.24) is 10.2 Å². The van der Waals surface area contributed by atoms with Gasteiger partial charge in [-0.3, -0.25) is 9.59 Å². The summed E-state index contributed by atoms with van der Waals surface area (Å²) in [6.45, 7) is 12.5. The zero-order chi connectivity index (χ0) is 22.3. The minimum atomic E-state index is -0.490. The van der Waals surface area contributed by atoms with Crippen LogP contribution in [0.3, 0.4) is 0 Å². The van der Waals surface area contributed by atoms with Crippen LogP contribution >= 0.6 is 0 Å². The Hall–Kier alpha value is -2.62. The Morgan fingerprint density at radius 2 is 1.60 bits per heavy atom. The van der Waals surface area contributed by atoms with Crippen molar-refractivity contribution in [2.45, 2.75) is 79.4 Å². The standard InChI is InChI=1S/C26H36N2O2/c1-7-21(6)27-26(30)24(8-2)28(17-22-12-10-9-11-19(22)4)25(29)16-23-15-18(3)13-14-20(23)5/h9-15,21,24H,7-8,16-17H2,1-6H3,(H,27,30)/t21-,24-/m1/s1. The second-order valence-corrected chi connectivity index (χ2v) is 8.30. The molecule has 162 valence electrons. The lowest BCUT2D eigenvalue weighted by Crippen LogP contribution is -2.51. The lowest BCUT2D eigenvalue weighted by molar-refractivity contribution is -0.141. The van der Waals surface area contributed by atoms with Crippen molar-refractivity contribution in [3.05, 3.63) is 70.3 Å². The van der Waals surface area contributed by atoms with E-state index >= 15 is 0 Å². The Labute approximate surface area is 181 Å². The van der Waals surface area contributed by atoms with Crippen LogP contribution in [0.2, 0.25) is 0 Å². The van der Waals surface area contributed by atoms with E-state index in [4.69, 9.17) is 0 Å². The molecule has 0 spiro atoms. The fourth-order valence-corrected chi connectivity index (χ4v) is 3.59. The van der Waals surface area contributed by atoms with E-state index in [1.54, 1.807) is 4.90 Å². The number of nitrogens with one attached hydrogen (secondary N) is 1. The normalized spacial score (nSPS) is 12.9. The molecule has 0 fully saturated rings. The third kappa shape index (κ3) is 6.19. The van der Waals surface area contributed by atoms with Gasteiger partial charge in [-0.25, -0.2) is 0 Å². The van der Waals surface area contributed by atoms with Crippen LogP contribution in [0.1, 0.15) is 61.4 Å². The Balaban J connectivity index is 2.35. The quantitative estimate of drug-likeness (QED) is 0.643. The fraction of sp³-hybridized carbons (Fsp3) is 0.462. The molecule has 2 atom stereocenters. The van der Waals surface area contributed by atoms with Crippen molar-refractivity contribution >= 4 is 11.8 Å². The van der Waals surface area contributed by atoms with Crippen molar-refractivity contribution in [3.8, 4) is 0 Å². The van der Waals surface area contributed by atoms with Crippen molar-refractivity contribution in [3.63, 3.8) is 0 Å². The van der Waals surface area contributed by atoms with Crippen LogP contribution < -0.4 is 5.32 Å². The number of nitrogens with zero attached hydrogens (tertiary/aromatic N) is 1. The molecule has 30 heavy (non-hydrogen) atoms. The summed E-state index contributed by atoms with van der Waals surface area (Å²) in [6, 6.07) is 13.8. The molecule has 0 heterocycles. The number of rotatable bonds is 9. The molecule has 2 amide bonds. The third-order valence-electron chi connectivity index (χ3n) is 5.84. The van der Waals surface area contributed by atoms with Crippen LogP contribution in [0.4, 0.5) is 0 Å². The predicted molar refractivity (Wildman–Crippen MR) is 123 cm³/mol. The van der Waals surface area contributed by atoms with Gasteiger partial charge in [-0.05, 0) is 62.8 Å². The molecule has 0 bridgehead atoms. The number of aryl methyl sites for hydroxylation is 3. The molecule has 0 aliphatic rings. The van der Waals surface area contributed by atoms with E-state index in [0.717, 1.165) is 34.2 Å². The first-order chi connectivity index (χ1) is 14.3. The number of carbonyl (C=O) groups excluding carboxylic acids is 2. The molecule has 0 radical (unpaired) electrons. The summed E-state index contributed by atoms with van der Waals surface area (Å²) in [5.41, 5.74) is 5.45. The van der Waals surface area contributed by atoms with Gasteiger partial charge in [-0.15, -0.1) is 0 Å². The Morgan fingerprint density at radius 1 is 0.933 bits per heavy atom. The molecular formula is C26H36N2O2. The number of hydrogen-bond donors (Lipinski definition) is 1. The summed E-state index contributed by atoms with van der Waals surface area (Å²) in [5, 5.41) is 3.07. The number of amides is 2. The highest BCUT2D eigenvalue weighted by Gasteiger charge is 2.29. The smallest absolute Gasteiger partial charge is 0.243 e. The molecule has 2 rings (SSSR count). The average molecular weight is 409 g/mol. The van der Waals surface area contributed by atoms with Crippen LogP contribution in [-0.2, 0) is 22.6 Å². The van der Waals surface area contributed by atoms with Gasteiger partial charge >= 0.3 is 0 Å². The maximum absolute atomic E-state index is 13.5. The molecule has 0 saturated carbocycles. The maximum Gasteiger partial charge on any atom is 0.243 e. The summed E-state index contributed by atoms with van der Waals surface area (Å²) in [4.78, 5) is 28.3. The van der Waals surface area contributed by atoms with Crippen LogP contribution in [0.25, 0.3) is 0 Å². The van der Waals surface area contributed by atoms with Gasteiger partial charge in [0, 0.05) is 12.6 Å². The maximum atomic E-state index is 13.5. The molecule has 0 saturated heterocycles. The molecule has 4 nitrogen and oxygen atoms in total. The SMILES string of the molecule is CC[C@@H](C)NC(=O)[C@@H](CC)N(Cc1ccccc1C)C(=O)Cc1cc(C)ccc1C. The largest absolute Gasteiger partial charge is 0.352 e. The lowest BCUT2D eigenvalue weighted by atomic mass is 10.0. The van der Waals surface area contributed by atoms with Crippen molar-refractivity contribution in [2.75, 3.05) is 0 Å². The monoisotopic (exact) mass is 408 g/mol. The molecule has 0 aliphatic heterocycles. The highest BCUT2D eigenvalue weighted by molar-refractivity contribution is 5.88. The molecule has 0 unspecified atom stereocenters. The second kappa shape index (κ2) is 11.0. The van der Waals surface area contributed by atoms with E-state index in [9.17, 15) is 9.59 Å². The van der Waals surface area contributed by atoms with Gasteiger partial charge in [0.25, 0.3) is 0 Å². The number of benzene rings is 2. The molecule has 0 aromatic heterocycles. The molecule has 2 aromatic rings. The summed E-state index contributed by atoms with van der Waals surface area (Å²) < 4.78 is 0. The topological polar surface area (TPSA) is 49.4 Å². The summed E-state index contributed by atoms with van der Waals surface area (Å²) >= 11 is 0. The second-order valence-electron chi connectivity index (χ2n) is 8.30. The highest BCUT2D eigenvalue weighted by Crippen LogP contribution is 2.19. The fourth-order valence-electron chi connectivity index (χ4n) is 3.59. The zero-order valence-electron chi connectivity index (χ0n) is 19.3. The van der Waals surface area contributed by atoms with Gasteiger partial charge in [0.15, 0.2) is 0 Å². The highest BCUT2D eigenvalue weighted by atomic mass is 16.2. The van der Waals surface area contributed by atoms with E-state index < -0.39 is 6.04 Å². The summed E-state index contributed by atoms with van der Waals surface area (Å²) in [5.74, 6) is -0.0900. The minimum Gasteiger partial charge on any atom is -0.352 e. The van der Waals surface area contributed by atoms with Crippen molar-refractivity contribution in [1.29, 1.82) is 0 Å². The van der Waals surface area contributed by atoms with Crippen LogP contribution in [0.5, 0.6) is 0 Å². The van der Waals surface area contributed by atoms with Gasteiger partial charge < -0.3 is 10.2 Å². The molecule has 4 heteroatoms. The van der Waals surface area contributed by atoms with E-state index in [-0.39, 0.29) is 17.9 Å². The summed E-state index contributed by atoms with van der Waals surface area (Å²) in [7, 11) is 0. The molecular weight excluding hydrogens is 372 g/mol. The number of hydrogen-bond acceptors (Lipinski definition) is 2. The van der Waals surface area contributed by atoms with Crippen molar-refractivity contribution in [2.24, 2.45) is 0 Å². The minimum absolute atomic E-state index is 0.0156. The Morgan fingerprint density at radius 3 is 2.23 bits per heavy atom. The zero-order valence-corrected chi connectivity index (χ0v) is 19.3. The van der Waals surface area contributed by atoms with Gasteiger partial charge in [-0.2, -0.15) is 0 Å². The first-order valence-corrected chi connectivity index (χ1v) is 11.0. The van der Waals surface area contributed by atoms with Crippen LogP contribution in [0.15, 0.2) is 42.5 Å². The molecule has 0 aliphatic carbocycles. The number of carbonyl (C=O) groups is 2. The van der Waals surface area contributed by atoms with E-state index in [2.05, 4.69) is 23.5 Å². The van der Waals surface area contributed by atoms with Gasteiger partial charge in [0.1, 0.15) is 6.04 Å². The van der Waals surface area contributed by atoms with Gasteiger partial charge in [-0.1, -0.05) is 61.9 Å². The van der Waals surface area contributed by atoms with E-state index in [1.807, 2.05) is 65.8 Å². The lowest BCUT2D eigenvalue weighted by Gasteiger charge is -2.32. The Kier molecular flexibility index (Phi) is 8.64. The molecule has 2 aromatic carbocycles. The van der Waals surface area contributed by atoms with E-state index in [1.165, 1.54) is 0 Å². The predicted octanol–water partition coefficient (Wildman–Crippen LogP) is 4.88. The Bertz CT molecular complexity index is 875. The van der Waals surface area contributed by atoms with Crippen LogP contribution in [0, 0.1) is 20.8 Å². The first-order valence-electron chi connectivity index (χ1n) is 11.0. The van der Waals surface area contributed by atoms with Gasteiger partial charge in [0.2, 0.25) is 11.8 Å². The van der Waals surface area contributed by atoms with Crippen LogP contribution in [-0.4, -0.2) is 28.8 Å². The third-order valence-corrected chi connectivity index (χ3v) is 5.84. The average Bonchev–Trinajstić information content (AvgIpc) is 2.71.